The Kier molecular flexibility index (Phi) is 8.62. The second kappa shape index (κ2) is 11.0. The first-order valence-electron chi connectivity index (χ1n) is 12.7. The smallest absolute Gasteiger partial charge is 0.409 e. The fraction of sp³-hybridized carbons (Fsp3) is 0.840. The van der Waals surface area contributed by atoms with Crippen molar-refractivity contribution in [1.82, 2.24) is 14.7 Å². The summed E-state index contributed by atoms with van der Waals surface area (Å²) >= 11 is 0. The van der Waals surface area contributed by atoms with E-state index in [-0.39, 0.29) is 24.6 Å². The molecular formula is C25H43N3O4. The topological polar surface area (TPSA) is 73.3 Å². The number of amides is 2. The molecule has 3 aliphatic heterocycles. The van der Waals surface area contributed by atoms with Crippen LogP contribution in [0.2, 0.25) is 0 Å². The molecule has 2 fully saturated rings. The molecule has 3 heterocycles. The predicted octanol–water partition coefficient (Wildman–Crippen LogP) is 3.77. The standard InChI is InChI=1S/C25H43N3O4/c1-5-8-9-22-19(4)25(6-2,18-29)23(30)28(22)21-12-14-26(15-13-21)20-10-16-27(17-11-20)24(31)32-7-3/h20-21,29H,5-18H2,1-4H3. The third kappa shape index (κ3) is 4.69. The maximum absolute atomic E-state index is 13.6. The van der Waals surface area contributed by atoms with E-state index in [2.05, 4.69) is 23.6 Å². The largest absolute Gasteiger partial charge is 0.450 e. The van der Waals surface area contributed by atoms with E-state index >= 15 is 0 Å². The summed E-state index contributed by atoms with van der Waals surface area (Å²) in [5, 5.41) is 10.2. The minimum atomic E-state index is -0.722. The van der Waals surface area contributed by atoms with Gasteiger partial charge in [0.1, 0.15) is 0 Å². The van der Waals surface area contributed by atoms with Crippen LogP contribution in [-0.2, 0) is 9.53 Å². The van der Waals surface area contributed by atoms with E-state index in [0.717, 1.165) is 76.7 Å². The molecule has 32 heavy (non-hydrogen) atoms. The lowest BCUT2D eigenvalue weighted by Gasteiger charge is -2.44. The van der Waals surface area contributed by atoms with E-state index in [0.29, 0.717) is 19.1 Å². The Labute approximate surface area is 193 Å². The fourth-order valence-electron chi connectivity index (χ4n) is 5.86. The molecule has 2 saturated heterocycles. The van der Waals surface area contributed by atoms with Gasteiger partial charge in [-0.25, -0.2) is 4.79 Å². The van der Waals surface area contributed by atoms with E-state index in [1.54, 1.807) is 0 Å². The van der Waals surface area contributed by atoms with Crippen LogP contribution < -0.4 is 0 Å². The van der Waals surface area contributed by atoms with Crippen molar-refractivity contribution in [3.63, 3.8) is 0 Å². The van der Waals surface area contributed by atoms with Gasteiger partial charge in [0.25, 0.3) is 0 Å². The van der Waals surface area contributed by atoms with Crippen LogP contribution in [0.15, 0.2) is 11.3 Å². The van der Waals surface area contributed by atoms with Crippen molar-refractivity contribution in [2.45, 2.75) is 91.1 Å². The number of carbonyl (C=O) groups excluding carboxylic acids is 2. The van der Waals surface area contributed by atoms with Gasteiger partial charge in [0.2, 0.25) is 5.91 Å². The lowest BCUT2D eigenvalue weighted by Crippen LogP contribution is -2.53. The van der Waals surface area contributed by atoms with Crippen LogP contribution in [0.1, 0.15) is 79.1 Å². The molecule has 1 unspecified atom stereocenters. The van der Waals surface area contributed by atoms with Crippen LogP contribution in [0.25, 0.3) is 0 Å². The highest BCUT2D eigenvalue weighted by Crippen LogP contribution is 2.46. The van der Waals surface area contributed by atoms with Crippen molar-refractivity contribution >= 4 is 12.0 Å². The second-order valence-corrected chi connectivity index (χ2v) is 9.63. The number of hydrogen-bond donors (Lipinski definition) is 1. The minimum absolute atomic E-state index is 0.0990. The Bertz CT molecular complexity index is 687. The fourth-order valence-corrected chi connectivity index (χ4v) is 5.86. The number of allylic oxidation sites excluding steroid dienone is 1. The van der Waals surface area contributed by atoms with Gasteiger partial charge in [-0.15, -0.1) is 0 Å². The van der Waals surface area contributed by atoms with E-state index in [1.807, 2.05) is 18.7 Å². The van der Waals surface area contributed by atoms with Gasteiger partial charge in [0.05, 0.1) is 18.6 Å². The molecule has 0 radical (unpaired) electrons. The lowest BCUT2D eigenvalue weighted by molar-refractivity contribution is -0.140. The van der Waals surface area contributed by atoms with Gasteiger partial charge in [-0.05, 0) is 64.4 Å². The zero-order chi connectivity index (χ0) is 23.3. The summed E-state index contributed by atoms with van der Waals surface area (Å²) in [6.07, 6.45) is 7.45. The van der Waals surface area contributed by atoms with Crippen molar-refractivity contribution in [3.05, 3.63) is 11.3 Å². The molecule has 182 valence electrons. The molecule has 0 spiro atoms. The van der Waals surface area contributed by atoms with E-state index in [4.69, 9.17) is 4.74 Å². The summed E-state index contributed by atoms with van der Waals surface area (Å²) in [5.41, 5.74) is 1.55. The van der Waals surface area contributed by atoms with Gasteiger partial charge >= 0.3 is 6.09 Å². The molecule has 1 atom stereocenters. The Morgan fingerprint density at radius 1 is 1.06 bits per heavy atom. The zero-order valence-electron chi connectivity index (χ0n) is 20.6. The molecule has 0 aliphatic carbocycles. The number of aliphatic hydroxyl groups is 1. The first-order valence-corrected chi connectivity index (χ1v) is 12.7. The molecule has 1 N–H and O–H groups in total. The number of carbonyl (C=O) groups is 2. The average molecular weight is 450 g/mol. The van der Waals surface area contributed by atoms with Gasteiger partial charge in [-0.2, -0.15) is 0 Å². The van der Waals surface area contributed by atoms with Crippen LogP contribution in [0, 0.1) is 5.41 Å². The molecule has 0 saturated carbocycles. The van der Waals surface area contributed by atoms with Crippen LogP contribution in [0.4, 0.5) is 4.79 Å². The van der Waals surface area contributed by atoms with Crippen molar-refractivity contribution in [3.8, 4) is 0 Å². The number of likely N-dealkylation sites (tertiary alicyclic amines) is 2. The summed E-state index contributed by atoms with van der Waals surface area (Å²) < 4.78 is 5.14. The summed E-state index contributed by atoms with van der Waals surface area (Å²) in [6, 6.07) is 0.722. The molecule has 0 bridgehead atoms. The summed E-state index contributed by atoms with van der Waals surface area (Å²) in [7, 11) is 0. The van der Waals surface area contributed by atoms with Crippen molar-refractivity contribution < 1.29 is 19.4 Å². The van der Waals surface area contributed by atoms with Crippen LogP contribution >= 0.6 is 0 Å². The highest BCUT2D eigenvalue weighted by molar-refractivity contribution is 5.91. The first kappa shape index (κ1) is 25.0. The van der Waals surface area contributed by atoms with Crippen molar-refractivity contribution in [1.29, 1.82) is 0 Å². The maximum Gasteiger partial charge on any atom is 0.409 e. The van der Waals surface area contributed by atoms with Crippen molar-refractivity contribution in [2.75, 3.05) is 39.4 Å². The molecule has 3 rings (SSSR count). The third-order valence-corrected chi connectivity index (χ3v) is 8.08. The Morgan fingerprint density at radius 3 is 2.22 bits per heavy atom. The minimum Gasteiger partial charge on any atom is -0.450 e. The molecule has 7 heteroatoms. The Hall–Kier alpha value is -1.60. The van der Waals surface area contributed by atoms with Gasteiger partial charge in [0.15, 0.2) is 0 Å². The van der Waals surface area contributed by atoms with Gasteiger partial charge in [-0.1, -0.05) is 20.3 Å². The molecule has 0 aromatic rings. The normalized spacial score (nSPS) is 26.3. The zero-order valence-corrected chi connectivity index (χ0v) is 20.6. The van der Waals surface area contributed by atoms with Gasteiger partial charge in [0, 0.05) is 44.0 Å². The Morgan fingerprint density at radius 2 is 1.69 bits per heavy atom. The number of hydrogen-bond acceptors (Lipinski definition) is 5. The number of aliphatic hydroxyl groups excluding tert-OH is 1. The SMILES string of the molecule is CCCCC1=C(C)C(CC)(CO)C(=O)N1C1CCN(C2CCN(C(=O)OCC)CC2)CC1. The van der Waals surface area contributed by atoms with E-state index < -0.39 is 5.41 Å². The lowest BCUT2D eigenvalue weighted by atomic mass is 9.79. The van der Waals surface area contributed by atoms with Crippen LogP contribution in [0.5, 0.6) is 0 Å². The Balaban J connectivity index is 1.61. The average Bonchev–Trinajstić information content (AvgIpc) is 3.04. The monoisotopic (exact) mass is 449 g/mol. The number of ether oxygens (including phenoxy) is 1. The summed E-state index contributed by atoms with van der Waals surface area (Å²) in [5.74, 6) is 0.118. The van der Waals surface area contributed by atoms with Gasteiger partial charge in [-0.3, -0.25) is 4.79 Å². The molecule has 7 nitrogen and oxygen atoms in total. The number of piperidine rings is 2. The number of nitrogens with zero attached hydrogens (tertiary/aromatic N) is 3. The molecule has 0 aromatic carbocycles. The third-order valence-electron chi connectivity index (χ3n) is 8.08. The van der Waals surface area contributed by atoms with Crippen molar-refractivity contribution in [2.24, 2.45) is 5.41 Å². The van der Waals surface area contributed by atoms with Gasteiger partial charge < -0.3 is 24.5 Å². The number of rotatable bonds is 8. The summed E-state index contributed by atoms with van der Waals surface area (Å²) in [6.45, 7) is 11.9. The number of unbranched alkanes of at least 4 members (excludes halogenated alkanes) is 1. The van der Waals surface area contributed by atoms with E-state index in [9.17, 15) is 14.7 Å². The predicted molar refractivity (Wildman–Crippen MR) is 125 cm³/mol. The second-order valence-electron chi connectivity index (χ2n) is 9.63. The van der Waals surface area contributed by atoms with Crippen LogP contribution in [0.3, 0.4) is 0 Å². The highest BCUT2D eigenvalue weighted by Gasteiger charge is 2.51. The van der Waals surface area contributed by atoms with E-state index in [1.165, 1.54) is 5.70 Å². The molecule has 3 aliphatic rings. The molecular weight excluding hydrogens is 406 g/mol. The quantitative estimate of drug-likeness (QED) is 0.611. The molecule has 0 aromatic heterocycles. The molecule has 2 amide bonds. The highest BCUT2D eigenvalue weighted by atomic mass is 16.6. The summed E-state index contributed by atoms with van der Waals surface area (Å²) in [4.78, 5) is 32.0. The maximum atomic E-state index is 13.6. The van der Waals surface area contributed by atoms with Crippen LogP contribution in [-0.4, -0.2) is 83.3 Å². The first-order chi connectivity index (χ1) is 15.4.